The first kappa shape index (κ1) is 23.5. The number of pyridine rings is 1. The molecule has 170 valence electrons. The highest BCUT2D eigenvalue weighted by atomic mass is 32.2. The van der Waals surface area contributed by atoms with E-state index < -0.39 is 10.0 Å². The lowest BCUT2D eigenvalue weighted by Gasteiger charge is -2.17. The van der Waals surface area contributed by atoms with Crippen LogP contribution in [0, 0.1) is 0 Å². The van der Waals surface area contributed by atoms with Gasteiger partial charge in [-0.1, -0.05) is 44.2 Å². The van der Waals surface area contributed by atoms with E-state index in [-0.39, 0.29) is 23.0 Å². The van der Waals surface area contributed by atoms with Gasteiger partial charge >= 0.3 is 0 Å². The van der Waals surface area contributed by atoms with Gasteiger partial charge in [0.05, 0.1) is 0 Å². The number of aryl methyl sites for hydroxylation is 1. The smallest absolute Gasteiger partial charge is 0.268 e. The standard InChI is InChI=1S/C23H28N4O4S/c1-4-27(5-2)32(29,30)20-14-21(26(3)16-20)23(28)25-15-19-11-12-24-22(13-19)31-17-18-9-7-6-8-10-18/h6-14,16H,4-5,15,17H2,1-3H3,(H,25,28). The van der Waals surface area contributed by atoms with Gasteiger partial charge in [0.1, 0.15) is 17.2 Å². The zero-order chi connectivity index (χ0) is 23.1. The maximum absolute atomic E-state index is 12.7. The van der Waals surface area contributed by atoms with Crippen LogP contribution in [0.4, 0.5) is 0 Å². The molecule has 8 nitrogen and oxygen atoms in total. The van der Waals surface area contributed by atoms with Crippen LogP contribution in [-0.4, -0.2) is 41.3 Å². The molecule has 0 atom stereocenters. The van der Waals surface area contributed by atoms with Gasteiger partial charge in [-0.05, 0) is 23.3 Å². The highest BCUT2D eigenvalue weighted by Gasteiger charge is 2.25. The number of nitrogens with one attached hydrogen (secondary N) is 1. The van der Waals surface area contributed by atoms with Crippen molar-refractivity contribution in [1.82, 2.24) is 19.2 Å². The SMILES string of the molecule is CCN(CC)S(=O)(=O)c1cc(C(=O)NCc2ccnc(OCc3ccccc3)c2)n(C)c1. The molecule has 0 aliphatic rings. The molecule has 1 amide bonds. The first-order valence-corrected chi connectivity index (χ1v) is 11.9. The molecule has 2 heterocycles. The number of ether oxygens (including phenoxy) is 1. The van der Waals surface area contributed by atoms with Crippen LogP contribution in [-0.2, 0) is 30.2 Å². The summed E-state index contributed by atoms with van der Waals surface area (Å²) in [4.78, 5) is 17.0. The number of rotatable bonds is 10. The zero-order valence-electron chi connectivity index (χ0n) is 18.5. The van der Waals surface area contributed by atoms with E-state index in [4.69, 9.17) is 4.74 Å². The first-order chi connectivity index (χ1) is 15.3. The average Bonchev–Trinajstić information content (AvgIpc) is 3.20. The van der Waals surface area contributed by atoms with E-state index in [9.17, 15) is 13.2 Å². The van der Waals surface area contributed by atoms with Crippen molar-refractivity contribution >= 4 is 15.9 Å². The second-order valence-corrected chi connectivity index (χ2v) is 9.16. The van der Waals surface area contributed by atoms with Gasteiger partial charge < -0.3 is 14.6 Å². The molecule has 0 aliphatic carbocycles. The number of carbonyl (C=O) groups is 1. The number of hydrogen-bond donors (Lipinski definition) is 1. The Hall–Kier alpha value is -3.17. The fourth-order valence-electron chi connectivity index (χ4n) is 3.26. The molecule has 32 heavy (non-hydrogen) atoms. The number of amides is 1. The van der Waals surface area contributed by atoms with Gasteiger partial charge in [-0.25, -0.2) is 13.4 Å². The molecular weight excluding hydrogens is 428 g/mol. The number of nitrogens with zero attached hydrogens (tertiary/aromatic N) is 3. The van der Waals surface area contributed by atoms with Crippen LogP contribution in [0.3, 0.4) is 0 Å². The van der Waals surface area contributed by atoms with Crippen molar-refractivity contribution in [3.8, 4) is 5.88 Å². The molecule has 0 spiro atoms. The number of benzene rings is 1. The van der Waals surface area contributed by atoms with E-state index in [0.717, 1.165) is 11.1 Å². The predicted octanol–water partition coefficient (Wildman–Crippen LogP) is 2.96. The largest absolute Gasteiger partial charge is 0.473 e. The summed E-state index contributed by atoms with van der Waals surface area (Å²) in [5.41, 5.74) is 2.12. The van der Waals surface area contributed by atoms with Gasteiger partial charge in [-0.15, -0.1) is 0 Å². The third kappa shape index (κ3) is 5.54. The normalized spacial score (nSPS) is 11.5. The Kier molecular flexibility index (Phi) is 7.66. The molecule has 3 rings (SSSR count). The fourth-order valence-corrected chi connectivity index (χ4v) is 4.79. The van der Waals surface area contributed by atoms with Crippen LogP contribution >= 0.6 is 0 Å². The van der Waals surface area contributed by atoms with Crippen molar-refractivity contribution in [3.63, 3.8) is 0 Å². The van der Waals surface area contributed by atoms with Crippen LogP contribution < -0.4 is 10.1 Å². The van der Waals surface area contributed by atoms with Gasteiger partial charge in [0.2, 0.25) is 15.9 Å². The zero-order valence-corrected chi connectivity index (χ0v) is 19.3. The Labute approximate surface area is 188 Å². The minimum atomic E-state index is -3.63. The number of aromatic nitrogens is 2. The highest BCUT2D eigenvalue weighted by Crippen LogP contribution is 2.19. The van der Waals surface area contributed by atoms with Gasteiger partial charge in [0, 0.05) is 45.1 Å². The summed E-state index contributed by atoms with van der Waals surface area (Å²) in [5, 5.41) is 2.83. The summed E-state index contributed by atoms with van der Waals surface area (Å²) in [5.74, 6) is 0.101. The summed E-state index contributed by atoms with van der Waals surface area (Å²) >= 11 is 0. The fraction of sp³-hybridized carbons (Fsp3) is 0.304. The lowest BCUT2D eigenvalue weighted by atomic mass is 10.2. The Morgan fingerprint density at radius 2 is 1.81 bits per heavy atom. The van der Waals surface area contributed by atoms with Gasteiger partial charge in [-0.3, -0.25) is 4.79 Å². The number of hydrogen-bond acceptors (Lipinski definition) is 5. The first-order valence-electron chi connectivity index (χ1n) is 10.4. The number of sulfonamides is 1. The molecule has 0 radical (unpaired) electrons. The van der Waals surface area contributed by atoms with Crippen LogP contribution in [0.15, 0.2) is 65.8 Å². The molecule has 9 heteroatoms. The van der Waals surface area contributed by atoms with Crippen LogP contribution in [0.25, 0.3) is 0 Å². The Morgan fingerprint density at radius 1 is 1.09 bits per heavy atom. The summed E-state index contributed by atoms with van der Waals surface area (Å²) in [6.45, 7) is 4.95. The highest BCUT2D eigenvalue weighted by molar-refractivity contribution is 7.89. The van der Waals surface area contributed by atoms with E-state index in [1.807, 2.05) is 30.3 Å². The van der Waals surface area contributed by atoms with E-state index in [2.05, 4.69) is 10.3 Å². The minimum absolute atomic E-state index is 0.106. The molecule has 0 saturated carbocycles. The Morgan fingerprint density at radius 3 is 2.50 bits per heavy atom. The van der Waals surface area contributed by atoms with E-state index >= 15 is 0 Å². The molecule has 0 aliphatic heterocycles. The summed E-state index contributed by atoms with van der Waals surface area (Å²) in [7, 11) is -1.98. The predicted molar refractivity (Wildman–Crippen MR) is 122 cm³/mol. The molecule has 1 N–H and O–H groups in total. The van der Waals surface area contributed by atoms with Crippen LogP contribution in [0.1, 0.15) is 35.5 Å². The maximum atomic E-state index is 12.7. The lowest BCUT2D eigenvalue weighted by molar-refractivity contribution is 0.0942. The molecule has 0 bridgehead atoms. The summed E-state index contributed by atoms with van der Waals surface area (Å²) in [6.07, 6.45) is 3.09. The number of carbonyl (C=O) groups excluding carboxylic acids is 1. The maximum Gasteiger partial charge on any atom is 0.268 e. The molecule has 2 aromatic heterocycles. The van der Waals surface area contributed by atoms with Gasteiger partial charge in [0.15, 0.2) is 0 Å². The van der Waals surface area contributed by atoms with Crippen molar-refractivity contribution in [3.05, 3.63) is 77.7 Å². The quantitative estimate of drug-likeness (QED) is 0.506. The van der Waals surface area contributed by atoms with Crippen molar-refractivity contribution in [2.75, 3.05) is 13.1 Å². The molecule has 0 saturated heterocycles. The Bertz CT molecular complexity index is 1160. The summed E-state index contributed by atoms with van der Waals surface area (Å²) < 4.78 is 34.1. The van der Waals surface area contributed by atoms with Crippen molar-refractivity contribution in [1.29, 1.82) is 0 Å². The molecule has 0 fully saturated rings. The van der Waals surface area contributed by atoms with Crippen LogP contribution in [0.2, 0.25) is 0 Å². The van der Waals surface area contributed by atoms with Crippen LogP contribution in [0.5, 0.6) is 5.88 Å². The molecular formula is C23H28N4O4S. The second-order valence-electron chi connectivity index (χ2n) is 7.22. The van der Waals surface area contributed by atoms with Gasteiger partial charge in [0.25, 0.3) is 5.91 Å². The summed E-state index contributed by atoms with van der Waals surface area (Å²) in [6, 6.07) is 14.7. The third-order valence-electron chi connectivity index (χ3n) is 5.04. The van der Waals surface area contributed by atoms with E-state index in [1.54, 1.807) is 39.2 Å². The van der Waals surface area contributed by atoms with Crippen molar-refractivity contribution in [2.45, 2.75) is 31.9 Å². The lowest BCUT2D eigenvalue weighted by Crippen LogP contribution is -2.30. The monoisotopic (exact) mass is 456 g/mol. The average molecular weight is 457 g/mol. The topological polar surface area (TPSA) is 93.5 Å². The second kappa shape index (κ2) is 10.4. The minimum Gasteiger partial charge on any atom is -0.473 e. The molecule has 1 aromatic carbocycles. The third-order valence-corrected chi connectivity index (χ3v) is 7.05. The van der Waals surface area contributed by atoms with E-state index in [0.29, 0.717) is 25.6 Å². The van der Waals surface area contributed by atoms with Crippen molar-refractivity contribution < 1.29 is 17.9 Å². The van der Waals surface area contributed by atoms with E-state index in [1.165, 1.54) is 21.1 Å². The Balaban J connectivity index is 1.64. The molecule has 3 aromatic rings. The van der Waals surface area contributed by atoms with Gasteiger partial charge in [-0.2, -0.15) is 4.31 Å². The van der Waals surface area contributed by atoms with Crippen molar-refractivity contribution in [2.24, 2.45) is 7.05 Å². The molecule has 0 unspecified atom stereocenters.